The Hall–Kier alpha value is -0.790. The van der Waals surface area contributed by atoms with Gasteiger partial charge in [0.1, 0.15) is 0 Å². The molecule has 6 heteroatoms. The summed E-state index contributed by atoms with van der Waals surface area (Å²) in [7, 11) is 2.05. The van der Waals surface area contributed by atoms with Crippen molar-refractivity contribution in [2.75, 3.05) is 19.7 Å². The maximum atomic E-state index is 11.9. The van der Waals surface area contributed by atoms with Crippen LogP contribution in [0.5, 0.6) is 0 Å². The van der Waals surface area contributed by atoms with E-state index in [1.165, 1.54) is 5.69 Å². The van der Waals surface area contributed by atoms with Gasteiger partial charge in [-0.15, -0.1) is 0 Å². The maximum absolute atomic E-state index is 11.9. The Balaban J connectivity index is 1.83. The third-order valence-electron chi connectivity index (χ3n) is 3.86. The molecule has 20 heavy (non-hydrogen) atoms. The van der Waals surface area contributed by atoms with E-state index in [9.17, 15) is 4.79 Å². The first-order valence-corrected chi connectivity index (χ1v) is 8.30. The van der Waals surface area contributed by atoms with E-state index >= 15 is 0 Å². The van der Waals surface area contributed by atoms with E-state index in [-0.39, 0.29) is 6.09 Å². The van der Waals surface area contributed by atoms with E-state index in [4.69, 9.17) is 4.74 Å². The number of halogens is 1. The number of imidazole rings is 1. The summed E-state index contributed by atoms with van der Waals surface area (Å²) in [6.45, 7) is 4.18. The second-order valence-corrected chi connectivity index (χ2v) is 6.21. The molecule has 0 spiro atoms. The van der Waals surface area contributed by atoms with Crippen LogP contribution in [0.2, 0.25) is 0 Å². The zero-order valence-corrected chi connectivity index (χ0v) is 14.3. The Bertz CT molecular complexity index is 453. The quantitative estimate of drug-likeness (QED) is 0.585. The number of likely N-dealkylation sites (tertiary alicyclic amines) is 1. The molecular weight excluding hydrogens is 369 g/mol. The van der Waals surface area contributed by atoms with Crippen molar-refractivity contribution in [1.29, 1.82) is 0 Å². The molecule has 0 N–H and O–H groups in total. The monoisotopic (exact) mass is 391 g/mol. The predicted octanol–water partition coefficient (Wildman–Crippen LogP) is 3.14. The van der Waals surface area contributed by atoms with Gasteiger partial charge in [0, 0.05) is 37.9 Å². The fourth-order valence-electron chi connectivity index (χ4n) is 2.53. The highest BCUT2D eigenvalue weighted by atomic mass is 127. The fraction of sp³-hybridized carbons (Fsp3) is 0.714. The molecule has 0 atom stereocenters. The highest BCUT2D eigenvalue weighted by Crippen LogP contribution is 2.28. The van der Waals surface area contributed by atoms with Gasteiger partial charge in [0.05, 0.1) is 6.61 Å². The molecule has 112 valence electrons. The Morgan fingerprint density at radius 1 is 1.50 bits per heavy atom. The summed E-state index contributed by atoms with van der Waals surface area (Å²) >= 11 is 2.24. The van der Waals surface area contributed by atoms with Crippen LogP contribution in [-0.4, -0.2) is 40.2 Å². The van der Waals surface area contributed by atoms with Gasteiger partial charge in [0.15, 0.2) is 3.83 Å². The minimum atomic E-state index is -0.156. The summed E-state index contributed by atoms with van der Waals surface area (Å²) in [6.07, 6.45) is 5.76. The van der Waals surface area contributed by atoms with Gasteiger partial charge in [-0.05, 0) is 41.9 Å². The van der Waals surface area contributed by atoms with E-state index in [0.29, 0.717) is 12.5 Å². The van der Waals surface area contributed by atoms with E-state index in [1.807, 2.05) is 11.1 Å². The summed E-state index contributed by atoms with van der Waals surface area (Å²) < 4.78 is 8.41. The van der Waals surface area contributed by atoms with Crippen LogP contribution in [-0.2, 0) is 11.8 Å². The van der Waals surface area contributed by atoms with Crippen LogP contribution in [0, 0.1) is 3.83 Å². The molecule has 0 bridgehead atoms. The van der Waals surface area contributed by atoms with Crippen molar-refractivity contribution in [1.82, 2.24) is 14.5 Å². The predicted molar refractivity (Wildman–Crippen MR) is 85.7 cm³/mol. The minimum Gasteiger partial charge on any atom is -0.449 e. The molecule has 1 saturated heterocycles. The van der Waals surface area contributed by atoms with Crippen LogP contribution in [0.25, 0.3) is 0 Å². The number of ether oxygens (including phenoxy) is 1. The number of carbonyl (C=O) groups is 1. The molecule has 0 aliphatic carbocycles. The maximum Gasteiger partial charge on any atom is 0.409 e. The summed E-state index contributed by atoms with van der Waals surface area (Å²) in [5.41, 5.74) is 1.27. The number of hydrogen-bond acceptors (Lipinski definition) is 3. The summed E-state index contributed by atoms with van der Waals surface area (Å²) in [5.74, 6) is 0.496. The van der Waals surface area contributed by atoms with Crippen molar-refractivity contribution >= 4 is 28.7 Å². The number of rotatable bonds is 4. The van der Waals surface area contributed by atoms with Crippen molar-refractivity contribution < 1.29 is 9.53 Å². The van der Waals surface area contributed by atoms with Gasteiger partial charge in [0.2, 0.25) is 0 Å². The smallest absolute Gasteiger partial charge is 0.409 e. The van der Waals surface area contributed by atoms with Crippen molar-refractivity contribution in [2.45, 2.75) is 38.5 Å². The number of unbranched alkanes of at least 4 members (excludes halogenated alkanes) is 1. The number of nitrogens with zero attached hydrogens (tertiary/aromatic N) is 3. The van der Waals surface area contributed by atoms with Crippen LogP contribution in [0.15, 0.2) is 6.20 Å². The van der Waals surface area contributed by atoms with Crippen molar-refractivity contribution in [3.8, 4) is 0 Å². The second kappa shape index (κ2) is 7.28. The Morgan fingerprint density at radius 3 is 2.75 bits per heavy atom. The van der Waals surface area contributed by atoms with Gasteiger partial charge in [-0.1, -0.05) is 13.3 Å². The Labute approximate surface area is 133 Å². The van der Waals surface area contributed by atoms with Crippen molar-refractivity contribution in [2.24, 2.45) is 7.05 Å². The lowest BCUT2D eigenvalue weighted by molar-refractivity contribution is 0.0912. The third kappa shape index (κ3) is 3.65. The lowest BCUT2D eigenvalue weighted by Crippen LogP contribution is -2.38. The number of piperidine rings is 1. The average molecular weight is 391 g/mol. The summed E-state index contributed by atoms with van der Waals surface area (Å²) in [4.78, 5) is 18.0. The summed E-state index contributed by atoms with van der Waals surface area (Å²) in [6, 6.07) is 0. The minimum absolute atomic E-state index is 0.156. The first-order chi connectivity index (χ1) is 9.63. The highest BCUT2D eigenvalue weighted by molar-refractivity contribution is 14.1. The molecule has 0 saturated carbocycles. The lowest BCUT2D eigenvalue weighted by atomic mass is 9.94. The largest absolute Gasteiger partial charge is 0.449 e. The third-order valence-corrected chi connectivity index (χ3v) is 4.86. The molecule has 1 fully saturated rings. The van der Waals surface area contributed by atoms with Crippen LogP contribution in [0.1, 0.15) is 44.2 Å². The topological polar surface area (TPSA) is 47.4 Å². The normalized spacial score (nSPS) is 16.4. The van der Waals surface area contributed by atoms with E-state index in [2.05, 4.69) is 46.1 Å². The van der Waals surface area contributed by atoms with Gasteiger partial charge in [-0.3, -0.25) is 0 Å². The van der Waals surface area contributed by atoms with Crippen molar-refractivity contribution in [3.63, 3.8) is 0 Å². The molecule has 0 radical (unpaired) electrons. The van der Waals surface area contributed by atoms with Gasteiger partial charge in [-0.2, -0.15) is 0 Å². The van der Waals surface area contributed by atoms with E-state index in [1.54, 1.807) is 0 Å². The zero-order chi connectivity index (χ0) is 14.5. The zero-order valence-electron chi connectivity index (χ0n) is 12.1. The van der Waals surface area contributed by atoms with Crippen molar-refractivity contribution in [3.05, 3.63) is 15.7 Å². The van der Waals surface area contributed by atoms with E-state index < -0.39 is 0 Å². The Kier molecular flexibility index (Phi) is 5.68. The van der Waals surface area contributed by atoms with Gasteiger partial charge >= 0.3 is 6.09 Å². The van der Waals surface area contributed by atoms with Crippen LogP contribution >= 0.6 is 22.6 Å². The van der Waals surface area contributed by atoms with E-state index in [0.717, 1.165) is 42.6 Å². The molecule has 0 unspecified atom stereocenters. The molecule has 1 aromatic heterocycles. The first kappa shape index (κ1) is 15.6. The molecular formula is C14H22IN3O2. The highest BCUT2D eigenvalue weighted by Gasteiger charge is 2.26. The second-order valence-electron chi connectivity index (χ2n) is 5.24. The average Bonchev–Trinajstić information content (AvgIpc) is 2.79. The lowest BCUT2D eigenvalue weighted by Gasteiger charge is -2.31. The van der Waals surface area contributed by atoms with Crippen LogP contribution < -0.4 is 0 Å². The number of hydrogen-bond donors (Lipinski definition) is 0. The number of aromatic nitrogens is 2. The van der Waals surface area contributed by atoms with Gasteiger partial charge in [-0.25, -0.2) is 9.78 Å². The standard InChI is InChI=1S/C14H22IN3O2/c1-3-4-9-20-14(19)18-7-5-11(6-8-18)12-10-16-13(15)17(12)2/h10-11H,3-9H2,1-2H3. The number of amides is 1. The van der Waals surface area contributed by atoms with Gasteiger partial charge < -0.3 is 14.2 Å². The summed E-state index contributed by atoms with van der Waals surface area (Å²) in [5, 5.41) is 0. The molecule has 2 rings (SSSR count). The molecule has 2 heterocycles. The first-order valence-electron chi connectivity index (χ1n) is 7.22. The molecule has 5 nitrogen and oxygen atoms in total. The molecule has 1 aromatic rings. The molecule has 1 aliphatic rings. The fourth-order valence-corrected chi connectivity index (χ4v) is 2.95. The molecule has 1 amide bonds. The Morgan fingerprint density at radius 2 is 2.20 bits per heavy atom. The number of carbonyl (C=O) groups excluding carboxylic acids is 1. The molecule has 1 aliphatic heterocycles. The van der Waals surface area contributed by atoms with Crippen LogP contribution in [0.4, 0.5) is 4.79 Å². The SMILES string of the molecule is CCCCOC(=O)N1CCC(c2cnc(I)n2C)CC1. The van der Waals surface area contributed by atoms with Crippen LogP contribution in [0.3, 0.4) is 0 Å². The molecule has 0 aromatic carbocycles. The van der Waals surface area contributed by atoms with Gasteiger partial charge in [0.25, 0.3) is 0 Å².